The van der Waals surface area contributed by atoms with Gasteiger partial charge in [-0.3, -0.25) is 4.98 Å². The Balaban J connectivity index is 1.93. The number of rotatable bonds is 5. The van der Waals surface area contributed by atoms with Gasteiger partial charge in [-0.25, -0.2) is 0 Å². The third-order valence-corrected chi connectivity index (χ3v) is 3.12. The highest BCUT2D eigenvalue weighted by atomic mass is 35.5. The average molecular weight is 293 g/mol. The number of thiocarbonyl (C=S) groups is 1. The third-order valence-electron chi connectivity index (χ3n) is 2.59. The molecule has 5 heteroatoms. The lowest BCUT2D eigenvalue weighted by atomic mass is 10.2. The SMILES string of the molecule is NC(=S)c1ccc(OCCc2cccnc2)cc1Cl. The van der Waals surface area contributed by atoms with E-state index < -0.39 is 0 Å². The normalized spacial score (nSPS) is 10.2. The summed E-state index contributed by atoms with van der Waals surface area (Å²) in [7, 11) is 0. The summed E-state index contributed by atoms with van der Waals surface area (Å²) in [5, 5.41) is 0.506. The molecule has 0 saturated carbocycles. The number of aromatic nitrogens is 1. The zero-order chi connectivity index (χ0) is 13.7. The smallest absolute Gasteiger partial charge is 0.120 e. The van der Waals surface area contributed by atoms with Gasteiger partial charge in [-0.2, -0.15) is 0 Å². The van der Waals surface area contributed by atoms with Crippen molar-refractivity contribution in [2.45, 2.75) is 6.42 Å². The van der Waals surface area contributed by atoms with Gasteiger partial charge in [0.25, 0.3) is 0 Å². The van der Waals surface area contributed by atoms with Gasteiger partial charge in [0.2, 0.25) is 0 Å². The molecule has 1 aromatic heterocycles. The summed E-state index contributed by atoms with van der Waals surface area (Å²) in [6, 6.07) is 9.22. The first-order valence-electron chi connectivity index (χ1n) is 5.78. The van der Waals surface area contributed by atoms with E-state index in [1.807, 2.05) is 24.4 Å². The van der Waals surface area contributed by atoms with E-state index >= 15 is 0 Å². The largest absolute Gasteiger partial charge is 0.493 e. The molecule has 0 atom stereocenters. The van der Waals surface area contributed by atoms with Crippen molar-refractivity contribution >= 4 is 28.8 Å². The van der Waals surface area contributed by atoms with Crippen LogP contribution in [-0.2, 0) is 6.42 Å². The predicted molar refractivity (Wildman–Crippen MR) is 80.8 cm³/mol. The molecule has 19 heavy (non-hydrogen) atoms. The molecule has 0 amide bonds. The van der Waals surface area contributed by atoms with Gasteiger partial charge < -0.3 is 10.5 Å². The number of benzene rings is 1. The average Bonchev–Trinajstić information content (AvgIpc) is 2.39. The molecular formula is C14H13ClN2OS. The van der Waals surface area contributed by atoms with Crippen LogP contribution in [-0.4, -0.2) is 16.6 Å². The predicted octanol–water partition coefficient (Wildman–Crippen LogP) is 2.99. The Labute approximate surface area is 122 Å². The molecule has 0 fully saturated rings. The van der Waals surface area contributed by atoms with Crippen LogP contribution in [0.15, 0.2) is 42.7 Å². The van der Waals surface area contributed by atoms with E-state index in [9.17, 15) is 0 Å². The molecule has 0 aliphatic heterocycles. The van der Waals surface area contributed by atoms with E-state index in [0.717, 1.165) is 12.0 Å². The molecule has 2 N–H and O–H groups in total. The molecule has 98 valence electrons. The molecule has 2 aromatic rings. The molecule has 0 aliphatic carbocycles. The van der Waals surface area contributed by atoms with Crippen LogP contribution in [0.4, 0.5) is 0 Å². The molecule has 2 rings (SSSR count). The first kappa shape index (κ1) is 13.8. The van der Waals surface area contributed by atoms with Gasteiger partial charge in [-0.05, 0) is 29.8 Å². The summed E-state index contributed by atoms with van der Waals surface area (Å²) in [5.41, 5.74) is 7.34. The summed E-state index contributed by atoms with van der Waals surface area (Å²) in [4.78, 5) is 4.33. The monoisotopic (exact) mass is 292 g/mol. The Morgan fingerprint density at radius 3 is 2.84 bits per heavy atom. The van der Waals surface area contributed by atoms with E-state index in [2.05, 4.69) is 4.98 Å². The quantitative estimate of drug-likeness (QED) is 0.861. The zero-order valence-electron chi connectivity index (χ0n) is 10.2. The highest BCUT2D eigenvalue weighted by Gasteiger charge is 2.05. The summed E-state index contributed by atoms with van der Waals surface area (Å²) in [5.74, 6) is 0.703. The Morgan fingerprint density at radius 1 is 1.37 bits per heavy atom. The van der Waals surface area contributed by atoms with E-state index in [0.29, 0.717) is 22.9 Å². The van der Waals surface area contributed by atoms with Crippen molar-refractivity contribution in [2.24, 2.45) is 5.73 Å². The van der Waals surface area contributed by atoms with Crippen molar-refractivity contribution in [3.05, 3.63) is 58.9 Å². The fourth-order valence-corrected chi connectivity index (χ4v) is 2.12. The molecule has 0 saturated heterocycles. The Kier molecular flexibility index (Phi) is 4.71. The maximum atomic E-state index is 6.06. The molecule has 3 nitrogen and oxygen atoms in total. The molecule has 1 aromatic carbocycles. The number of hydrogen-bond donors (Lipinski definition) is 1. The number of ether oxygens (including phenoxy) is 1. The maximum absolute atomic E-state index is 6.06. The minimum Gasteiger partial charge on any atom is -0.493 e. The molecule has 0 unspecified atom stereocenters. The fourth-order valence-electron chi connectivity index (χ4n) is 1.62. The van der Waals surface area contributed by atoms with Crippen molar-refractivity contribution in [1.29, 1.82) is 0 Å². The number of nitrogens with two attached hydrogens (primary N) is 1. The Morgan fingerprint density at radius 2 is 2.21 bits per heavy atom. The van der Waals surface area contributed by atoms with Crippen LogP contribution >= 0.6 is 23.8 Å². The third kappa shape index (κ3) is 3.91. The topological polar surface area (TPSA) is 48.1 Å². The zero-order valence-corrected chi connectivity index (χ0v) is 11.7. The van der Waals surface area contributed by atoms with Gasteiger partial charge in [0.15, 0.2) is 0 Å². The van der Waals surface area contributed by atoms with Gasteiger partial charge in [0, 0.05) is 24.4 Å². The minimum atomic E-state index is 0.284. The van der Waals surface area contributed by atoms with E-state index in [4.69, 9.17) is 34.3 Å². The van der Waals surface area contributed by atoms with Crippen molar-refractivity contribution in [3.63, 3.8) is 0 Å². The molecule has 0 radical (unpaired) electrons. The summed E-state index contributed by atoms with van der Waals surface area (Å²) in [6.07, 6.45) is 4.37. The van der Waals surface area contributed by atoms with Crippen molar-refractivity contribution < 1.29 is 4.74 Å². The number of hydrogen-bond acceptors (Lipinski definition) is 3. The van der Waals surface area contributed by atoms with Crippen molar-refractivity contribution in [2.75, 3.05) is 6.61 Å². The summed E-state index contributed by atoms with van der Waals surface area (Å²) >= 11 is 11.0. The second-order valence-corrected chi connectivity index (χ2v) is 4.81. The van der Waals surface area contributed by atoms with Crippen LogP contribution in [0.2, 0.25) is 5.02 Å². The van der Waals surface area contributed by atoms with Gasteiger partial charge in [0.1, 0.15) is 10.7 Å². The van der Waals surface area contributed by atoms with Gasteiger partial charge in [-0.1, -0.05) is 29.9 Å². The summed E-state index contributed by atoms with van der Waals surface area (Å²) in [6.45, 7) is 0.564. The van der Waals surface area contributed by atoms with Crippen LogP contribution in [0.5, 0.6) is 5.75 Å². The molecule has 0 aliphatic rings. The van der Waals surface area contributed by atoms with E-state index in [1.165, 1.54) is 0 Å². The standard InChI is InChI=1S/C14H13ClN2OS/c15-13-8-11(3-4-12(13)14(16)19)18-7-5-10-2-1-6-17-9-10/h1-4,6,8-9H,5,7H2,(H2,16,19). The van der Waals surface area contributed by atoms with Gasteiger partial charge in [0.05, 0.1) is 11.6 Å². The number of pyridine rings is 1. The van der Waals surface area contributed by atoms with Crippen molar-refractivity contribution in [1.82, 2.24) is 4.98 Å². The second-order valence-electron chi connectivity index (χ2n) is 3.97. The molecule has 0 spiro atoms. The molecular weight excluding hydrogens is 280 g/mol. The van der Waals surface area contributed by atoms with Crippen LogP contribution in [0.3, 0.4) is 0 Å². The lowest BCUT2D eigenvalue weighted by molar-refractivity contribution is 0.322. The fraction of sp³-hybridized carbons (Fsp3) is 0.143. The number of nitrogens with zero attached hydrogens (tertiary/aromatic N) is 1. The highest BCUT2D eigenvalue weighted by molar-refractivity contribution is 7.80. The van der Waals surface area contributed by atoms with Gasteiger partial charge in [-0.15, -0.1) is 0 Å². The summed E-state index contributed by atoms with van der Waals surface area (Å²) < 4.78 is 5.63. The Hall–Kier alpha value is -1.65. The molecule has 1 heterocycles. The van der Waals surface area contributed by atoms with Crippen LogP contribution < -0.4 is 10.5 Å². The highest BCUT2D eigenvalue weighted by Crippen LogP contribution is 2.22. The maximum Gasteiger partial charge on any atom is 0.120 e. The first-order valence-corrected chi connectivity index (χ1v) is 6.56. The minimum absolute atomic E-state index is 0.284. The second kappa shape index (κ2) is 6.50. The van der Waals surface area contributed by atoms with E-state index in [1.54, 1.807) is 18.3 Å². The van der Waals surface area contributed by atoms with E-state index in [-0.39, 0.29) is 4.99 Å². The lowest BCUT2D eigenvalue weighted by Crippen LogP contribution is -2.10. The molecule has 0 bridgehead atoms. The number of halogens is 1. The van der Waals surface area contributed by atoms with Gasteiger partial charge >= 0.3 is 0 Å². The Bertz CT molecular complexity index is 575. The van der Waals surface area contributed by atoms with Crippen LogP contribution in [0.25, 0.3) is 0 Å². The first-order chi connectivity index (χ1) is 9.16. The lowest BCUT2D eigenvalue weighted by Gasteiger charge is -2.08. The van der Waals surface area contributed by atoms with Crippen LogP contribution in [0, 0.1) is 0 Å². The van der Waals surface area contributed by atoms with Crippen molar-refractivity contribution in [3.8, 4) is 5.75 Å². The van der Waals surface area contributed by atoms with Crippen LogP contribution in [0.1, 0.15) is 11.1 Å².